The molecule has 0 radical (unpaired) electrons. The van der Waals surface area contributed by atoms with E-state index in [1.165, 1.54) is 0 Å². The van der Waals surface area contributed by atoms with Crippen LogP contribution in [0.25, 0.3) is 11.0 Å². The van der Waals surface area contributed by atoms with Crippen LogP contribution in [0.15, 0.2) is 65.1 Å². The fraction of sp³-hybridized carbons (Fsp3) is 0.407. The van der Waals surface area contributed by atoms with E-state index in [1.54, 1.807) is 6.07 Å². The number of fused-ring (bicyclic) bond motifs is 1. The number of benzene rings is 2. The number of furan rings is 1. The standard InChI is InChI=1S/C27H33N3O3/c1-2-29-16-8-9-18-30(27(32)25-19-22-13-6-7-14-24(22)33-25)23(21-11-4-3-5-12-21)20-26(31)28-15-10-17-29/h3-7,11-14,19,23H,2,8-10,15-18,20H2,1H3,(H,28,31). The van der Waals surface area contributed by atoms with E-state index in [-0.39, 0.29) is 24.3 Å². The minimum absolute atomic E-state index is 0.0337. The number of nitrogens with one attached hydrogen (secondary N) is 1. The molecule has 0 aliphatic carbocycles. The second kappa shape index (κ2) is 11.1. The molecule has 3 aromatic rings. The van der Waals surface area contributed by atoms with Gasteiger partial charge in [-0.2, -0.15) is 0 Å². The van der Waals surface area contributed by atoms with E-state index in [0.717, 1.165) is 49.8 Å². The summed E-state index contributed by atoms with van der Waals surface area (Å²) in [6.45, 7) is 6.34. The van der Waals surface area contributed by atoms with E-state index < -0.39 is 0 Å². The third-order valence-corrected chi connectivity index (χ3v) is 6.38. The summed E-state index contributed by atoms with van der Waals surface area (Å²) < 4.78 is 5.92. The third kappa shape index (κ3) is 5.82. The van der Waals surface area contributed by atoms with Crippen LogP contribution in [0.2, 0.25) is 0 Å². The van der Waals surface area contributed by atoms with Crippen molar-refractivity contribution in [2.24, 2.45) is 0 Å². The highest BCUT2D eigenvalue weighted by molar-refractivity contribution is 5.96. The van der Waals surface area contributed by atoms with Gasteiger partial charge < -0.3 is 19.5 Å². The molecule has 1 unspecified atom stereocenters. The van der Waals surface area contributed by atoms with Crippen molar-refractivity contribution in [1.82, 2.24) is 15.1 Å². The van der Waals surface area contributed by atoms with Gasteiger partial charge in [0, 0.05) is 18.5 Å². The van der Waals surface area contributed by atoms with Gasteiger partial charge in [-0.1, -0.05) is 55.5 Å². The third-order valence-electron chi connectivity index (χ3n) is 6.38. The van der Waals surface area contributed by atoms with Crippen molar-refractivity contribution in [2.75, 3.05) is 32.7 Å². The maximum Gasteiger partial charge on any atom is 0.290 e. The number of carbonyl (C=O) groups is 2. The van der Waals surface area contributed by atoms with Crippen LogP contribution in [0.4, 0.5) is 0 Å². The van der Waals surface area contributed by atoms with Gasteiger partial charge in [-0.05, 0) is 56.6 Å². The van der Waals surface area contributed by atoms with E-state index in [4.69, 9.17) is 4.42 Å². The quantitative estimate of drug-likeness (QED) is 0.636. The smallest absolute Gasteiger partial charge is 0.290 e. The van der Waals surface area contributed by atoms with Gasteiger partial charge in [-0.15, -0.1) is 0 Å². The molecule has 0 bridgehead atoms. The zero-order valence-electron chi connectivity index (χ0n) is 19.3. The number of amides is 2. The van der Waals surface area contributed by atoms with Crippen molar-refractivity contribution < 1.29 is 14.0 Å². The van der Waals surface area contributed by atoms with E-state index in [2.05, 4.69) is 17.1 Å². The largest absolute Gasteiger partial charge is 0.451 e. The van der Waals surface area contributed by atoms with Gasteiger partial charge in [0.1, 0.15) is 5.58 Å². The lowest BCUT2D eigenvalue weighted by molar-refractivity contribution is -0.122. The normalized spacial score (nSPS) is 19.4. The van der Waals surface area contributed by atoms with Gasteiger partial charge in [0.2, 0.25) is 5.91 Å². The average molecular weight is 448 g/mol. The minimum Gasteiger partial charge on any atom is -0.451 e. The predicted molar refractivity (Wildman–Crippen MR) is 130 cm³/mol. The molecule has 6 heteroatoms. The van der Waals surface area contributed by atoms with Crippen LogP contribution in [0.1, 0.15) is 54.8 Å². The van der Waals surface area contributed by atoms with Crippen molar-refractivity contribution in [3.8, 4) is 0 Å². The van der Waals surface area contributed by atoms with E-state index in [1.807, 2.05) is 59.5 Å². The van der Waals surface area contributed by atoms with E-state index in [0.29, 0.717) is 24.4 Å². The molecule has 1 aliphatic rings. The Morgan fingerprint density at radius 3 is 2.52 bits per heavy atom. The molecule has 1 fully saturated rings. The molecule has 4 rings (SSSR count). The van der Waals surface area contributed by atoms with Crippen molar-refractivity contribution in [3.63, 3.8) is 0 Å². The van der Waals surface area contributed by atoms with Crippen LogP contribution in [-0.4, -0.2) is 54.3 Å². The van der Waals surface area contributed by atoms with Crippen molar-refractivity contribution in [3.05, 3.63) is 72.0 Å². The lowest BCUT2D eigenvalue weighted by Crippen LogP contribution is -2.38. The second-order valence-corrected chi connectivity index (χ2v) is 8.62. The Morgan fingerprint density at radius 2 is 1.73 bits per heavy atom. The second-order valence-electron chi connectivity index (χ2n) is 8.62. The molecule has 2 amide bonds. The van der Waals surface area contributed by atoms with Gasteiger partial charge in [0.25, 0.3) is 5.91 Å². The molecule has 1 N–H and O–H groups in total. The lowest BCUT2D eigenvalue weighted by atomic mass is 10.0. The number of hydrogen-bond donors (Lipinski definition) is 1. The van der Waals surface area contributed by atoms with E-state index >= 15 is 0 Å². The number of rotatable bonds is 3. The van der Waals surface area contributed by atoms with Crippen LogP contribution in [-0.2, 0) is 4.79 Å². The first kappa shape index (κ1) is 23.1. The summed E-state index contributed by atoms with van der Waals surface area (Å²) in [5.74, 6) is 0.112. The highest BCUT2D eigenvalue weighted by Crippen LogP contribution is 2.29. The highest BCUT2D eigenvalue weighted by atomic mass is 16.3. The first-order valence-corrected chi connectivity index (χ1v) is 12.0. The van der Waals surface area contributed by atoms with Crippen LogP contribution >= 0.6 is 0 Å². The molecule has 1 aliphatic heterocycles. The molecule has 0 spiro atoms. The van der Waals surface area contributed by atoms with Gasteiger partial charge in [0.05, 0.1) is 12.5 Å². The van der Waals surface area contributed by atoms with E-state index in [9.17, 15) is 9.59 Å². The summed E-state index contributed by atoms with van der Waals surface area (Å²) >= 11 is 0. The fourth-order valence-electron chi connectivity index (χ4n) is 4.53. The molecular formula is C27H33N3O3. The van der Waals surface area contributed by atoms with Crippen LogP contribution in [0.5, 0.6) is 0 Å². The molecule has 33 heavy (non-hydrogen) atoms. The van der Waals surface area contributed by atoms with Crippen molar-refractivity contribution in [1.29, 1.82) is 0 Å². The summed E-state index contributed by atoms with van der Waals surface area (Å²) in [5.41, 5.74) is 1.65. The topological polar surface area (TPSA) is 65.8 Å². The Bertz CT molecular complexity index is 1030. The molecule has 2 aromatic carbocycles. The summed E-state index contributed by atoms with van der Waals surface area (Å²) in [4.78, 5) is 30.9. The van der Waals surface area contributed by atoms with Gasteiger partial charge >= 0.3 is 0 Å². The zero-order chi connectivity index (χ0) is 23.0. The van der Waals surface area contributed by atoms with Gasteiger partial charge in [-0.3, -0.25) is 9.59 Å². The summed E-state index contributed by atoms with van der Waals surface area (Å²) in [7, 11) is 0. The molecule has 2 heterocycles. The predicted octanol–water partition coefficient (Wildman–Crippen LogP) is 4.63. The molecular weight excluding hydrogens is 414 g/mol. The highest BCUT2D eigenvalue weighted by Gasteiger charge is 2.30. The molecule has 6 nitrogen and oxygen atoms in total. The van der Waals surface area contributed by atoms with Crippen molar-refractivity contribution >= 4 is 22.8 Å². The van der Waals surface area contributed by atoms with Crippen LogP contribution in [0.3, 0.4) is 0 Å². The van der Waals surface area contributed by atoms with Crippen LogP contribution < -0.4 is 5.32 Å². The fourth-order valence-corrected chi connectivity index (χ4v) is 4.53. The Labute approximate surface area is 195 Å². The monoisotopic (exact) mass is 447 g/mol. The minimum atomic E-state index is -0.352. The Kier molecular flexibility index (Phi) is 7.79. The molecule has 0 saturated carbocycles. The molecule has 1 saturated heterocycles. The Hall–Kier alpha value is -3.12. The Morgan fingerprint density at radius 1 is 1.00 bits per heavy atom. The van der Waals surface area contributed by atoms with Crippen molar-refractivity contribution in [2.45, 2.75) is 38.6 Å². The maximum absolute atomic E-state index is 13.8. The maximum atomic E-state index is 13.8. The molecule has 174 valence electrons. The first-order chi connectivity index (χ1) is 16.2. The summed E-state index contributed by atoms with van der Waals surface area (Å²) in [6.07, 6.45) is 3.03. The molecule has 1 atom stereocenters. The molecule has 1 aromatic heterocycles. The summed E-state index contributed by atoms with van der Waals surface area (Å²) in [6, 6.07) is 18.9. The average Bonchev–Trinajstić information content (AvgIpc) is 3.29. The number of carbonyl (C=O) groups excluding carboxylic acids is 2. The number of para-hydroxylation sites is 1. The summed E-state index contributed by atoms with van der Waals surface area (Å²) in [5, 5.41) is 3.96. The van der Waals surface area contributed by atoms with Gasteiger partial charge in [0.15, 0.2) is 5.76 Å². The number of hydrogen-bond acceptors (Lipinski definition) is 4. The first-order valence-electron chi connectivity index (χ1n) is 12.0. The SMILES string of the molecule is CCN1CCCCN(C(=O)c2cc3ccccc3o2)C(c2ccccc2)CC(=O)NCCC1. The van der Waals surface area contributed by atoms with Crippen LogP contribution in [0, 0.1) is 0 Å². The lowest BCUT2D eigenvalue weighted by Gasteiger charge is -2.31. The van der Waals surface area contributed by atoms with Gasteiger partial charge in [-0.25, -0.2) is 0 Å². The Balaban J connectivity index is 1.66. The zero-order valence-corrected chi connectivity index (χ0v) is 19.3. The number of nitrogens with zero attached hydrogens (tertiary/aromatic N) is 2.